The Bertz CT molecular complexity index is 1260. The lowest BCUT2D eigenvalue weighted by Gasteiger charge is -2.06. The summed E-state index contributed by atoms with van der Waals surface area (Å²) < 4.78 is 3.00. The molecule has 0 spiro atoms. The Balaban J connectivity index is 0.000000339. The number of carboxylic acids is 1. The average Bonchev–Trinajstić information content (AvgIpc) is 3.27. The summed E-state index contributed by atoms with van der Waals surface area (Å²) in [4.78, 5) is 32.0. The van der Waals surface area contributed by atoms with Crippen molar-refractivity contribution in [3.05, 3.63) is 47.5 Å². The van der Waals surface area contributed by atoms with Crippen LogP contribution in [0.3, 0.4) is 0 Å². The van der Waals surface area contributed by atoms with Gasteiger partial charge in [-0.1, -0.05) is 17.4 Å². The molecule has 10 heteroatoms. The van der Waals surface area contributed by atoms with Gasteiger partial charge in [0.25, 0.3) is 0 Å². The largest absolute Gasteiger partial charge is 0.478 e. The predicted octanol–water partition coefficient (Wildman–Crippen LogP) is 3.82. The van der Waals surface area contributed by atoms with Gasteiger partial charge in [-0.2, -0.15) is 0 Å². The van der Waals surface area contributed by atoms with Crippen LogP contribution < -0.4 is 10.6 Å². The Morgan fingerprint density at radius 1 is 1.10 bits per heavy atom. The van der Waals surface area contributed by atoms with E-state index in [1.165, 1.54) is 10.5 Å². The molecule has 3 N–H and O–H groups in total. The number of benzene rings is 2. The number of thiazole rings is 1. The summed E-state index contributed by atoms with van der Waals surface area (Å²) in [5.74, 6) is -0.332. The fourth-order valence-electron chi connectivity index (χ4n) is 2.85. The van der Waals surface area contributed by atoms with E-state index in [1.807, 2.05) is 23.7 Å². The van der Waals surface area contributed by atoms with Crippen molar-refractivity contribution in [3.8, 4) is 0 Å². The molecule has 9 nitrogen and oxygen atoms in total. The van der Waals surface area contributed by atoms with Gasteiger partial charge in [-0.3, -0.25) is 0 Å². The van der Waals surface area contributed by atoms with E-state index in [0.717, 1.165) is 20.9 Å². The topological polar surface area (TPSA) is 112 Å². The summed E-state index contributed by atoms with van der Waals surface area (Å²) in [6.07, 6.45) is 0. The number of nitrogens with zero attached hydrogens (tertiary/aromatic N) is 4. The normalized spacial score (nSPS) is 10.5. The number of anilines is 2. The van der Waals surface area contributed by atoms with Gasteiger partial charge in [0.05, 0.1) is 26.8 Å². The Morgan fingerprint density at radius 3 is 2.45 bits per heavy atom. The highest BCUT2D eigenvalue weighted by Gasteiger charge is 2.13. The second kappa shape index (κ2) is 9.00. The minimum atomic E-state index is -0.960. The molecule has 2 aromatic heterocycles. The second-order valence-electron chi connectivity index (χ2n) is 7.07. The number of rotatable bonds is 3. The zero-order valence-electron chi connectivity index (χ0n) is 17.9. The third-order valence-corrected chi connectivity index (χ3v) is 5.44. The molecule has 162 valence electrons. The van der Waals surface area contributed by atoms with Crippen molar-refractivity contribution < 1.29 is 14.7 Å². The van der Waals surface area contributed by atoms with Crippen LogP contribution in [0.15, 0.2) is 36.4 Å². The zero-order chi connectivity index (χ0) is 22.7. The van der Waals surface area contributed by atoms with Gasteiger partial charge in [0.2, 0.25) is 5.95 Å². The maximum atomic E-state index is 11.1. The average molecular weight is 441 g/mol. The summed E-state index contributed by atoms with van der Waals surface area (Å²) in [6.45, 7) is 2.05. The number of urea groups is 1. The number of hydrogen-bond donors (Lipinski definition) is 3. The van der Waals surface area contributed by atoms with Gasteiger partial charge in [0, 0.05) is 28.2 Å². The molecule has 0 aliphatic rings. The van der Waals surface area contributed by atoms with Gasteiger partial charge in [-0.15, -0.1) is 0 Å². The molecule has 0 fully saturated rings. The van der Waals surface area contributed by atoms with Gasteiger partial charge in [-0.05, 0) is 42.8 Å². The summed E-state index contributed by atoms with van der Waals surface area (Å²) >= 11 is 1.56. The molecule has 0 bridgehead atoms. The minimum Gasteiger partial charge on any atom is -0.478 e. The van der Waals surface area contributed by atoms with Crippen molar-refractivity contribution in [3.63, 3.8) is 0 Å². The molecule has 0 radical (unpaired) electrons. The standard InChI is InChI=1S/C17H14N4O2S.C4H10N2O/c1-9-3-5-11-14(7-9)24-17(19-11)20-16-18-12-8-10(15(22)23)4-6-13(12)21(16)2;1-5-4(7)6(2)3/h3-8H,1-2H3,(H,22,23)(H,18,19,20);1-3H3,(H,5,7). The number of carbonyl (C=O) groups excluding carboxylic acids is 1. The Morgan fingerprint density at radius 2 is 1.84 bits per heavy atom. The van der Waals surface area contributed by atoms with Crippen LogP contribution >= 0.6 is 11.3 Å². The number of fused-ring (bicyclic) bond motifs is 2. The molecule has 4 aromatic rings. The van der Waals surface area contributed by atoms with E-state index in [9.17, 15) is 9.59 Å². The van der Waals surface area contributed by atoms with Crippen molar-refractivity contribution in [2.45, 2.75) is 6.92 Å². The van der Waals surface area contributed by atoms with Gasteiger partial charge >= 0.3 is 12.0 Å². The first kappa shape index (κ1) is 22.0. The quantitative estimate of drug-likeness (QED) is 0.446. The molecular formula is C21H24N6O3S. The SMILES string of the molecule is CNC(=O)N(C)C.Cc1ccc2nc(Nc3nc4cc(C(=O)O)ccc4n3C)sc2c1. The minimum absolute atomic E-state index is 0.0694. The maximum Gasteiger partial charge on any atom is 0.335 e. The lowest BCUT2D eigenvalue weighted by Crippen LogP contribution is -2.31. The first-order chi connectivity index (χ1) is 14.7. The lowest BCUT2D eigenvalue weighted by atomic mass is 10.2. The third-order valence-electron chi connectivity index (χ3n) is 4.51. The monoisotopic (exact) mass is 440 g/mol. The number of hydrogen-bond acceptors (Lipinski definition) is 6. The number of carbonyl (C=O) groups is 2. The van der Waals surface area contributed by atoms with Gasteiger partial charge in [0.1, 0.15) is 0 Å². The van der Waals surface area contributed by atoms with E-state index in [1.54, 1.807) is 50.7 Å². The first-order valence-electron chi connectivity index (χ1n) is 9.42. The smallest absolute Gasteiger partial charge is 0.335 e. The fourth-order valence-corrected chi connectivity index (χ4v) is 3.81. The Labute approximate surface area is 183 Å². The summed E-state index contributed by atoms with van der Waals surface area (Å²) in [6, 6.07) is 11.0. The van der Waals surface area contributed by atoms with Crippen LogP contribution in [0.5, 0.6) is 0 Å². The number of amides is 2. The van der Waals surface area contributed by atoms with Crippen LogP contribution in [-0.2, 0) is 7.05 Å². The van der Waals surface area contributed by atoms with E-state index >= 15 is 0 Å². The van der Waals surface area contributed by atoms with Crippen LogP contribution in [0.1, 0.15) is 15.9 Å². The van der Waals surface area contributed by atoms with Crippen molar-refractivity contribution in [1.82, 2.24) is 24.8 Å². The number of carboxylic acid groups (broad SMARTS) is 1. The summed E-state index contributed by atoms with van der Waals surface area (Å²) in [7, 11) is 6.87. The van der Waals surface area contributed by atoms with Gasteiger partial charge in [-0.25, -0.2) is 19.6 Å². The molecular weight excluding hydrogens is 416 g/mol. The second-order valence-corrected chi connectivity index (χ2v) is 8.10. The molecule has 2 amide bonds. The van der Waals surface area contributed by atoms with E-state index in [0.29, 0.717) is 11.5 Å². The number of nitrogens with one attached hydrogen (secondary N) is 2. The van der Waals surface area contributed by atoms with E-state index in [-0.39, 0.29) is 11.6 Å². The number of aromatic nitrogens is 3. The van der Waals surface area contributed by atoms with E-state index in [4.69, 9.17) is 5.11 Å². The fraction of sp³-hybridized carbons (Fsp3) is 0.238. The third kappa shape index (κ3) is 4.92. The van der Waals surface area contributed by atoms with Gasteiger partial charge < -0.3 is 25.2 Å². The molecule has 0 saturated carbocycles. The molecule has 4 rings (SSSR count). The van der Waals surface area contributed by atoms with Crippen LogP contribution in [0.4, 0.5) is 15.9 Å². The molecule has 0 aliphatic heterocycles. The molecule has 0 atom stereocenters. The number of aryl methyl sites for hydroxylation is 2. The van der Waals surface area contributed by atoms with E-state index in [2.05, 4.69) is 33.6 Å². The van der Waals surface area contributed by atoms with Crippen LogP contribution in [0, 0.1) is 6.92 Å². The number of imidazole rings is 1. The molecule has 2 heterocycles. The highest BCUT2D eigenvalue weighted by atomic mass is 32.1. The maximum absolute atomic E-state index is 11.1. The van der Waals surface area contributed by atoms with Crippen molar-refractivity contribution >= 4 is 55.7 Å². The lowest BCUT2D eigenvalue weighted by molar-refractivity contribution is 0.0697. The van der Waals surface area contributed by atoms with Crippen LogP contribution in [0.2, 0.25) is 0 Å². The van der Waals surface area contributed by atoms with E-state index < -0.39 is 5.97 Å². The van der Waals surface area contributed by atoms with Crippen molar-refractivity contribution in [2.75, 3.05) is 26.5 Å². The van der Waals surface area contributed by atoms with Gasteiger partial charge in [0.15, 0.2) is 5.13 Å². The number of aromatic carboxylic acids is 1. The molecule has 2 aromatic carbocycles. The van der Waals surface area contributed by atoms with Crippen LogP contribution in [-0.4, -0.2) is 57.7 Å². The Hall–Kier alpha value is -3.66. The predicted molar refractivity (Wildman–Crippen MR) is 123 cm³/mol. The summed E-state index contributed by atoms with van der Waals surface area (Å²) in [5.41, 5.74) is 3.86. The van der Waals surface area contributed by atoms with Crippen LogP contribution in [0.25, 0.3) is 21.3 Å². The highest BCUT2D eigenvalue weighted by molar-refractivity contribution is 7.22. The molecule has 0 aliphatic carbocycles. The first-order valence-corrected chi connectivity index (χ1v) is 10.2. The molecule has 0 unspecified atom stereocenters. The molecule has 0 saturated heterocycles. The summed E-state index contributed by atoms with van der Waals surface area (Å²) in [5, 5.41) is 15.5. The zero-order valence-corrected chi connectivity index (χ0v) is 18.7. The van der Waals surface area contributed by atoms with Crippen molar-refractivity contribution in [1.29, 1.82) is 0 Å². The Kier molecular flexibility index (Phi) is 6.40. The van der Waals surface area contributed by atoms with Crippen molar-refractivity contribution in [2.24, 2.45) is 7.05 Å². The molecule has 31 heavy (non-hydrogen) atoms. The highest BCUT2D eigenvalue weighted by Crippen LogP contribution is 2.29.